The average molecular weight is 298 g/mol. The number of rotatable bonds is 6. The molecule has 2 rings (SSSR count). The first-order valence-corrected chi connectivity index (χ1v) is 7.52. The number of hydrogen-bond donors (Lipinski definition) is 0. The summed E-state index contributed by atoms with van der Waals surface area (Å²) in [5, 5.41) is -0.192. The van der Waals surface area contributed by atoms with E-state index in [1.54, 1.807) is 6.07 Å². The van der Waals surface area contributed by atoms with Gasteiger partial charge in [0.1, 0.15) is 11.6 Å². The Hall–Kier alpha value is -1.13. The third-order valence-corrected chi connectivity index (χ3v) is 3.83. The van der Waals surface area contributed by atoms with Crippen LogP contribution in [0.4, 0.5) is 4.39 Å². The van der Waals surface area contributed by atoms with E-state index in [0.29, 0.717) is 5.52 Å². The number of alkyl halides is 1. The first kappa shape index (κ1) is 15.3. The molecule has 0 radical (unpaired) electrons. The fraction of sp³-hybridized carbons (Fsp3) is 0.533. The number of aromatic nitrogens is 2. The van der Waals surface area contributed by atoms with Crippen molar-refractivity contribution in [3.8, 4) is 0 Å². The van der Waals surface area contributed by atoms with Gasteiger partial charge >= 0.3 is 0 Å². The summed E-state index contributed by atoms with van der Waals surface area (Å²) in [5.41, 5.74) is 1.62. The van der Waals surface area contributed by atoms with Crippen LogP contribution in [0.1, 0.15) is 32.0 Å². The van der Waals surface area contributed by atoms with Gasteiger partial charge in [-0.15, -0.1) is 11.6 Å². The first-order valence-electron chi connectivity index (χ1n) is 7.08. The van der Waals surface area contributed by atoms with Crippen molar-refractivity contribution < 1.29 is 4.39 Å². The molecule has 0 fully saturated rings. The Labute approximate surface area is 124 Å². The minimum absolute atomic E-state index is 0.192. The topological polar surface area (TPSA) is 21.1 Å². The van der Waals surface area contributed by atoms with Crippen LogP contribution in [0.15, 0.2) is 18.2 Å². The zero-order valence-electron chi connectivity index (χ0n) is 12.2. The van der Waals surface area contributed by atoms with Crippen LogP contribution in [-0.4, -0.2) is 34.1 Å². The number of likely N-dealkylation sites (N-methyl/N-ethyl adjacent to an activating group) is 1. The number of benzene rings is 1. The average Bonchev–Trinajstić information content (AvgIpc) is 2.78. The molecule has 0 N–H and O–H groups in total. The molecular weight excluding hydrogens is 277 g/mol. The summed E-state index contributed by atoms with van der Waals surface area (Å²) in [6.45, 7) is 9.98. The standard InChI is InChI=1S/C15H21ClFN3/c1-4-19(5-2)8-9-20-14-7-6-12(17)10-13(14)18-15(20)11(3)16/h6-7,10-11H,4-5,8-9H2,1-3H3. The quantitative estimate of drug-likeness (QED) is 0.756. The van der Waals surface area contributed by atoms with Gasteiger partial charge in [-0.2, -0.15) is 0 Å². The summed E-state index contributed by atoms with van der Waals surface area (Å²) >= 11 is 6.21. The highest BCUT2D eigenvalue weighted by atomic mass is 35.5. The van der Waals surface area contributed by atoms with E-state index in [9.17, 15) is 4.39 Å². The maximum atomic E-state index is 13.3. The van der Waals surface area contributed by atoms with Crippen LogP contribution in [0.3, 0.4) is 0 Å². The largest absolute Gasteiger partial charge is 0.325 e. The Morgan fingerprint density at radius 1 is 1.35 bits per heavy atom. The van der Waals surface area contributed by atoms with E-state index >= 15 is 0 Å². The van der Waals surface area contributed by atoms with Gasteiger partial charge in [0.15, 0.2) is 0 Å². The highest BCUT2D eigenvalue weighted by Gasteiger charge is 2.15. The van der Waals surface area contributed by atoms with E-state index in [2.05, 4.69) is 28.3 Å². The first-order chi connectivity index (χ1) is 9.56. The van der Waals surface area contributed by atoms with Crippen molar-refractivity contribution in [2.45, 2.75) is 32.7 Å². The van der Waals surface area contributed by atoms with E-state index in [1.807, 2.05) is 6.92 Å². The normalized spacial score (nSPS) is 13.3. The SMILES string of the molecule is CCN(CC)CCn1c(C(C)Cl)nc2cc(F)ccc21. The maximum absolute atomic E-state index is 13.3. The lowest BCUT2D eigenvalue weighted by Crippen LogP contribution is -2.27. The Kier molecular flexibility index (Phi) is 5.00. The summed E-state index contributed by atoms with van der Waals surface area (Å²) in [6, 6.07) is 4.72. The molecule has 0 aliphatic carbocycles. The lowest BCUT2D eigenvalue weighted by molar-refractivity contribution is 0.290. The second kappa shape index (κ2) is 6.55. The summed E-state index contributed by atoms with van der Waals surface area (Å²) in [5.74, 6) is 0.541. The van der Waals surface area contributed by atoms with E-state index in [4.69, 9.17) is 11.6 Å². The van der Waals surface area contributed by atoms with E-state index < -0.39 is 0 Å². The molecule has 0 aliphatic rings. The predicted octanol–water partition coefficient (Wildman–Crippen LogP) is 3.82. The van der Waals surface area contributed by atoms with Crippen molar-refractivity contribution in [1.29, 1.82) is 0 Å². The predicted molar refractivity (Wildman–Crippen MR) is 81.7 cm³/mol. The molecule has 5 heteroatoms. The monoisotopic (exact) mass is 297 g/mol. The highest BCUT2D eigenvalue weighted by molar-refractivity contribution is 6.20. The van der Waals surface area contributed by atoms with Crippen molar-refractivity contribution in [2.24, 2.45) is 0 Å². The number of imidazole rings is 1. The molecule has 110 valence electrons. The van der Waals surface area contributed by atoms with E-state index in [-0.39, 0.29) is 11.2 Å². The van der Waals surface area contributed by atoms with Crippen LogP contribution in [-0.2, 0) is 6.54 Å². The van der Waals surface area contributed by atoms with Crippen molar-refractivity contribution in [1.82, 2.24) is 14.5 Å². The number of fused-ring (bicyclic) bond motifs is 1. The molecule has 1 unspecified atom stereocenters. The Balaban J connectivity index is 2.36. The van der Waals surface area contributed by atoms with Gasteiger partial charge in [0, 0.05) is 19.2 Å². The molecular formula is C15H21ClFN3. The van der Waals surface area contributed by atoms with Crippen LogP contribution >= 0.6 is 11.6 Å². The summed E-state index contributed by atoms with van der Waals surface area (Å²) in [4.78, 5) is 6.82. The minimum Gasteiger partial charge on any atom is -0.325 e. The van der Waals surface area contributed by atoms with Gasteiger partial charge in [0.25, 0.3) is 0 Å². The summed E-state index contributed by atoms with van der Waals surface area (Å²) in [7, 11) is 0. The molecule has 1 aromatic heterocycles. The molecule has 0 saturated carbocycles. The Morgan fingerprint density at radius 2 is 2.05 bits per heavy atom. The molecule has 2 aromatic rings. The van der Waals surface area contributed by atoms with Crippen LogP contribution < -0.4 is 0 Å². The van der Waals surface area contributed by atoms with E-state index in [0.717, 1.165) is 37.5 Å². The molecule has 0 saturated heterocycles. The third kappa shape index (κ3) is 3.13. The van der Waals surface area contributed by atoms with Gasteiger partial charge in [-0.3, -0.25) is 0 Å². The summed E-state index contributed by atoms with van der Waals surface area (Å²) < 4.78 is 15.4. The second-order valence-corrected chi connectivity index (χ2v) is 5.55. The van der Waals surface area contributed by atoms with E-state index in [1.165, 1.54) is 12.1 Å². The molecule has 0 aliphatic heterocycles. The summed E-state index contributed by atoms with van der Waals surface area (Å²) in [6.07, 6.45) is 0. The van der Waals surface area contributed by atoms with Crippen molar-refractivity contribution in [3.05, 3.63) is 29.8 Å². The fourth-order valence-electron chi connectivity index (χ4n) is 2.44. The van der Waals surface area contributed by atoms with Crippen LogP contribution in [0.25, 0.3) is 11.0 Å². The smallest absolute Gasteiger partial charge is 0.127 e. The highest BCUT2D eigenvalue weighted by Crippen LogP contribution is 2.25. The maximum Gasteiger partial charge on any atom is 0.127 e. The number of nitrogens with zero attached hydrogens (tertiary/aromatic N) is 3. The molecule has 1 aromatic carbocycles. The lowest BCUT2D eigenvalue weighted by atomic mass is 10.3. The lowest BCUT2D eigenvalue weighted by Gasteiger charge is -2.19. The molecule has 3 nitrogen and oxygen atoms in total. The molecule has 1 atom stereocenters. The van der Waals surface area contributed by atoms with Gasteiger partial charge < -0.3 is 9.47 Å². The van der Waals surface area contributed by atoms with Crippen molar-refractivity contribution in [3.63, 3.8) is 0 Å². The Morgan fingerprint density at radius 3 is 2.65 bits per heavy atom. The van der Waals surface area contributed by atoms with Gasteiger partial charge in [0.05, 0.1) is 16.4 Å². The second-order valence-electron chi connectivity index (χ2n) is 4.90. The molecule has 1 heterocycles. The Bertz CT molecular complexity index is 576. The van der Waals surface area contributed by atoms with Crippen molar-refractivity contribution >= 4 is 22.6 Å². The minimum atomic E-state index is -0.264. The van der Waals surface area contributed by atoms with Crippen LogP contribution in [0.2, 0.25) is 0 Å². The van der Waals surface area contributed by atoms with Gasteiger partial charge in [-0.1, -0.05) is 13.8 Å². The van der Waals surface area contributed by atoms with Gasteiger partial charge in [-0.05, 0) is 32.1 Å². The van der Waals surface area contributed by atoms with Crippen LogP contribution in [0.5, 0.6) is 0 Å². The molecule has 0 spiro atoms. The van der Waals surface area contributed by atoms with Crippen LogP contribution in [0, 0.1) is 5.82 Å². The zero-order valence-corrected chi connectivity index (χ0v) is 13.0. The number of hydrogen-bond acceptors (Lipinski definition) is 2. The van der Waals surface area contributed by atoms with Crippen molar-refractivity contribution in [2.75, 3.05) is 19.6 Å². The molecule has 20 heavy (non-hydrogen) atoms. The molecule has 0 amide bonds. The fourth-order valence-corrected chi connectivity index (χ4v) is 2.61. The number of halogens is 2. The molecule has 0 bridgehead atoms. The zero-order chi connectivity index (χ0) is 14.7. The van der Waals surface area contributed by atoms with Gasteiger partial charge in [-0.25, -0.2) is 9.37 Å². The third-order valence-electron chi connectivity index (χ3n) is 3.63. The van der Waals surface area contributed by atoms with Gasteiger partial charge in [0.2, 0.25) is 0 Å².